The number of ether oxygens (including phenoxy) is 2. The number of benzene rings is 2. The third-order valence-corrected chi connectivity index (χ3v) is 6.26. The molecule has 1 atom stereocenters. The first-order valence-corrected chi connectivity index (χ1v) is 11.6. The van der Waals surface area contributed by atoms with Gasteiger partial charge in [-0.1, -0.05) is 24.6 Å². The summed E-state index contributed by atoms with van der Waals surface area (Å²) in [6.45, 7) is 4.92. The zero-order valence-electron chi connectivity index (χ0n) is 18.9. The number of halogens is 1. The lowest BCUT2D eigenvalue weighted by Gasteiger charge is -2.37. The summed E-state index contributed by atoms with van der Waals surface area (Å²) in [5.41, 5.74) is 3.99. The van der Waals surface area contributed by atoms with Gasteiger partial charge in [-0.05, 0) is 67.1 Å². The smallest absolute Gasteiger partial charge is 0.303 e. The van der Waals surface area contributed by atoms with Crippen LogP contribution in [0.4, 0.5) is 17.1 Å². The lowest BCUT2D eigenvalue weighted by atomic mass is 9.92. The Morgan fingerprint density at radius 1 is 1.25 bits per heavy atom. The van der Waals surface area contributed by atoms with Crippen LogP contribution in [-0.2, 0) is 14.3 Å². The lowest BCUT2D eigenvalue weighted by Crippen LogP contribution is -2.41. The zero-order valence-corrected chi connectivity index (χ0v) is 19.6. The molecule has 2 aromatic rings. The van der Waals surface area contributed by atoms with Crippen molar-refractivity contribution in [3.63, 3.8) is 0 Å². The van der Waals surface area contributed by atoms with Crippen LogP contribution in [-0.4, -0.2) is 50.6 Å². The monoisotopic (exact) mass is 460 g/mol. The fraction of sp³-hybridized carbons (Fsp3) is 0.480. The number of nitrogens with zero attached hydrogens (tertiary/aromatic N) is 1. The Morgan fingerprint density at radius 3 is 2.59 bits per heavy atom. The molecule has 1 aliphatic heterocycles. The third kappa shape index (κ3) is 6.61. The number of carbonyl (C=O) groups is 1. The number of hydrogen-bond acceptors (Lipinski definition) is 5. The van der Waals surface area contributed by atoms with Crippen LogP contribution in [0.3, 0.4) is 0 Å². The molecule has 6 nitrogen and oxygen atoms in total. The van der Waals surface area contributed by atoms with Gasteiger partial charge in [0.2, 0.25) is 0 Å². The van der Waals surface area contributed by atoms with E-state index >= 15 is 0 Å². The van der Waals surface area contributed by atoms with Gasteiger partial charge in [0.1, 0.15) is 0 Å². The topological polar surface area (TPSA) is 71.0 Å². The van der Waals surface area contributed by atoms with E-state index in [1.807, 2.05) is 31.2 Å². The first-order chi connectivity index (χ1) is 15.5. The number of carboxylic acids is 1. The van der Waals surface area contributed by atoms with Crippen molar-refractivity contribution in [1.29, 1.82) is 0 Å². The molecule has 1 fully saturated rings. The van der Waals surface area contributed by atoms with Crippen molar-refractivity contribution in [2.75, 3.05) is 43.7 Å². The summed E-state index contributed by atoms with van der Waals surface area (Å²) < 4.78 is 11.0. The van der Waals surface area contributed by atoms with Crippen LogP contribution in [0.5, 0.6) is 0 Å². The van der Waals surface area contributed by atoms with Gasteiger partial charge in [0.15, 0.2) is 0 Å². The predicted molar refractivity (Wildman–Crippen MR) is 130 cm³/mol. The minimum absolute atomic E-state index is 0.0391. The standard InChI is InChI=1S/C25H33ClN2O4/c1-3-18(17-25(29)30)19-4-9-24(23(16-19)27-21-7-5-20(26)6-8-21)28(12-15-31-2)22-10-13-32-14-11-22/h4-9,16,18,22,27H,3,10-15,17H2,1-2H3,(H,29,30). The highest BCUT2D eigenvalue weighted by Gasteiger charge is 2.25. The number of methoxy groups -OCH3 is 1. The fourth-order valence-corrected chi connectivity index (χ4v) is 4.37. The second-order valence-electron chi connectivity index (χ2n) is 8.14. The van der Waals surface area contributed by atoms with Gasteiger partial charge in [-0.25, -0.2) is 0 Å². The Kier molecular flexibility index (Phi) is 9.21. The van der Waals surface area contributed by atoms with E-state index in [0.29, 0.717) is 17.7 Å². The van der Waals surface area contributed by atoms with Gasteiger partial charge in [0, 0.05) is 43.6 Å². The summed E-state index contributed by atoms with van der Waals surface area (Å²) in [7, 11) is 1.72. The average molecular weight is 461 g/mol. The Morgan fingerprint density at radius 2 is 1.97 bits per heavy atom. The third-order valence-electron chi connectivity index (χ3n) is 6.01. The van der Waals surface area contributed by atoms with E-state index in [1.54, 1.807) is 7.11 Å². The Hall–Kier alpha value is -2.28. The molecule has 0 aromatic heterocycles. The van der Waals surface area contributed by atoms with Gasteiger partial charge >= 0.3 is 5.97 Å². The molecule has 174 valence electrons. The fourth-order valence-electron chi connectivity index (χ4n) is 4.24. The summed E-state index contributed by atoms with van der Waals surface area (Å²) in [5.74, 6) is -0.820. The molecule has 1 saturated heterocycles. The van der Waals surface area contributed by atoms with Crippen molar-refractivity contribution < 1.29 is 19.4 Å². The summed E-state index contributed by atoms with van der Waals surface area (Å²) in [4.78, 5) is 13.8. The van der Waals surface area contributed by atoms with Gasteiger partial charge in [0.05, 0.1) is 24.4 Å². The Balaban J connectivity index is 2.00. The van der Waals surface area contributed by atoms with Crippen LogP contribution in [0.25, 0.3) is 0 Å². The van der Waals surface area contributed by atoms with E-state index in [1.165, 1.54) is 0 Å². The zero-order chi connectivity index (χ0) is 22.9. The first-order valence-electron chi connectivity index (χ1n) is 11.2. The van der Waals surface area contributed by atoms with Gasteiger partial charge in [-0.15, -0.1) is 0 Å². The number of hydrogen-bond donors (Lipinski definition) is 2. The van der Waals surface area contributed by atoms with Crippen molar-refractivity contribution in [3.8, 4) is 0 Å². The van der Waals surface area contributed by atoms with Crippen molar-refractivity contribution in [1.82, 2.24) is 0 Å². The van der Waals surface area contributed by atoms with Gasteiger partial charge in [-0.2, -0.15) is 0 Å². The summed E-state index contributed by atoms with van der Waals surface area (Å²) in [6, 6.07) is 14.2. The van der Waals surface area contributed by atoms with E-state index in [0.717, 1.165) is 61.6 Å². The van der Waals surface area contributed by atoms with Crippen molar-refractivity contribution in [2.24, 2.45) is 0 Å². The SMILES string of the molecule is CCC(CC(=O)O)c1ccc(N(CCOC)C2CCOCC2)c(Nc2ccc(Cl)cc2)c1. The molecule has 1 aliphatic rings. The van der Waals surface area contributed by atoms with E-state index in [-0.39, 0.29) is 12.3 Å². The van der Waals surface area contributed by atoms with E-state index in [4.69, 9.17) is 21.1 Å². The molecule has 32 heavy (non-hydrogen) atoms. The molecule has 0 amide bonds. The molecular weight excluding hydrogens is 428 g/mol. The Bertz CT molecular complexity index is 869. The average Bonchev–Trinajstić information content (AvgIpc) is 2.80. The molecule has 0 saturated carbocycles. The second kappa shape index (κ2) is 12.1. The van der Waals surface area contributed by atoms with Crippen molar-refractivity contribution >= 4 is 34.6 Å². The maximum Gasteiger partial charge on any atom is 0.303 e. The second-order valence-corrected chi connectivity index (χ2v) is 8.58. The van der Waals surface area contributed by atoms with Crippen LogP contribution >= 0.6 is 11.6 Å². The van der Waals surface area contributed by atoms with Crippen molar-refractivity contribution in [3.05, 3.63) is 53.1 Å². The highest BCUT2D eigenvalue weighted by atomic mass is 35.5. The quantitative estimate of drug-likeness (QED) is 0.449. The number of aliphatic carboxylic acids is 1. The maximum atomic E-state index is 11.4. The van der Waals surface area contributed by atoms with Gasteiger partial charge < -0.3 is 24.8 Å². The van der Waals surface area contributed by atoms with Gasteiger partial charge in [0.25, 0.3) is 0 Å². The minimum atomic E-state index is -0.780. The normalized spacial score (nSPS) is 15.3. The number of carboxylic acid groups (broad SMARTS) is 1. The molecule has 3 rings (SSSR count). The molecule has 1 unspecified atom stereocenters. The van der Waals surface area contributed by atoms with E-state index in [2.05, 4.69) is 28.4 Å². The first kappa shape index (κ1) is 24.4. The van der Waals surface area contributed by atoms with Crippen LogP contribution in [0.2, 0.25) is 5.02 Å². The maximum absolute atomic E-state index is 11.4. The molecule has 0 radical (unpaired) electrons. The molecule has 0 spiro atoms. The van der Waals surface area contributed by atoms with Crippen LogP contribution in [0.15, 0.2) is 42.5 Å². The highest BCUT2D eigenvalue weighted by Crippen LogP contribution is 2.36. The molecule has 2 N–H and O–H groups in total. The molecule has 7 heteroatoms. The van der Waals surface area contributed by atoms with Crippen LogP contribution in [0, 0.1) is 0 Å². The lowest BCUT2D eigenvalue weighted by molar-refractivity contribution is -0.137. The van der Waals surface area contributed by atoms with E-state index in [9.17, 15) is 9.90 Å². The molecule has 0 bridgehead atoms. The number of anilines is 3. The summed E-state index contributed by atoms with van der Waals surface area (Å²) >= 11 is 6.07. The molecular formula is C25H33ClN2O4. The predicted octanol–water partition coefficient (Wildman–Crippen LogP) is 5.68. The highest BCUT2D eigenvalue weighted by molar-refractivity contribution is 6.30. The Labute approximate surface area is 195 Å². The number of nitrogens with one attached hydrogen (secondary N) is 1. The minimum Gasteiger partial charge on any atom is -0.481 e. The molecule has 2 aromatic carbocycles. The van der Waals surface area contributed by atoms with E-state index < -0.39 is 5.97 Å². The largest absolute Gasteiger partial charge is 0.481 e. The van der Waals surface area contributed by atoms with Gasteiger partial charge in [-0.3, -0.25) is 4.79 Å². The molecule has 0 aliphatic carbocycles. The van der Waals surface area contributed by atoms with Crippen LogP contribution < -0.4 is 10.2 Å². The molecule has 1 heterocycles. The van der Waals surface area contributed by atoms with Crippen LogP contribution in [0.1, 0.15) is 44.1 Å². The van der Waals surface area contributed by atoms with Crippen molar-refractivity contribution in [2.45, 2.75) is 44.6 Å². The number of rotatable bonds is 11. The summed E-state index contributed by atoms with van der Waals surface area (Å²) in [5, 5.41) is 13.6. The summed E-state index contributed by atoms with van der Waals surface area (Å²) in [6.07, 6.45) is 2.80.